The number of benzene rings is 14. The number of rotatable bonds is 8. The first kappa shape index (κ1) is 42.5. The molecule has 0 amide bonds. The monoisotopic (exact) mass is 962 g/mol. The van der Waals surface area contributed by atoms with E-state index in [1.54, 1.807) is 0 Å². The average Bonchev–Trinajstić information content (AvgIpc) is 4.10. The minimum atomic E-state index is 1.16. The highest BCUT2D eigenvalue weighted by atomic mass is 15.0. The van der Waals surface area contributed by atoms with Gasteiger partial charge in [-0.2, -0.15) is 0 Å². The van der Waals surface area contributed by atoms with Crippen molar-refractivity contribution in [2.24, 2.45) is 0 Å². The maximum absolute atomic E-state index is 2.46. The quantitative estimate of drug-likeness (QED) is 0.134. The third-order valence-electron chi connectivity index (χ3n) is 16.1. The summed E-state index contributed by atoms with van der Waals surface area (Å²) in [5, 5.41) is 12.6. The fourth-order valence-electron chi connectivity index (χ4n) is 12.7. The fourth-order valence-corrected chi connectivity index (χ4v) is 12.7. The maximum Gasteiger partial charge on any atom is 0.0553 e. The van der Waals surface area contributed by atoms with Gasteiger partial charge in [0.05, 0.1) is 22.1 Å². The van der Waals surface area contributed by atoms with E-state index in [1.165, 1.54) is 143 Å². The molecule has 2 heteroatoms. The Kier molecular flexibility index (Phi) is 9.37. The van der Waals surface area contributed by atoms with Gasteiger partial charge in [0.1, 0.15) is 0 Å². The minimum Gasteiger partial charge on any atom is -0.309 e. The van der Waals surface area contributed by atoms with Crippen molar-refractivity contribution in [3.05, 3.63) is 279 Å². The van der Waals surface area contributed by atoms with Crippen molar-refractivity contribution in [3.8, 4) is 78.1 Å². The summed E-state index contributed by atoms with van der Waals surface area (Å²) in [6.07, 6.45) is 0. The van der Waals surface area contributed by atoms with Crippen molar-refractivity contribution in [2.75, 3.05) is 0 Å². The second-order valence-corrected chi connectivity index (χ2v) is 20.4. The molecule has 0 bridgehead atoms. The molecule has 352 valence electrons. The zero-order valence-corrected chi connectivity index (χ0v) is 41.5. The topological polar surface area (TPSA) is 9.86 Å². The van der Waals surface area contributed by atoms with Crippen molar-refractivity contribution in [2.45, 2.75) is 0 Å². The molecule has 0 atom stereocenters. The van der Waals surface area contributed by atoms with Gasteiger partial charge < -0.3 is 9.13 Å². The van der Waals surface area contributed by atoms with Crippen molar-refractivity contribution in [1.82, 2.24) is 9.13 Å². The second-order valence-electron chi connectivity index (χ2n) is 20.4. The van der Waals surface area contributed by atoms with E-state index in [9.17, 15) is 0 Å². The van der Waals surface area contributed by atoms with Crippen LogP contribution in [-0.4, -0.2) is 9.13 Å². The first-order valence-electron chi connectivity index (χ1n) is 26.3. The molecular formula is C74H46N2. The van der Waals surface area contributed by atoms with Gasteiger partial charge in [0, 0.05) is 32.9 Å². The van der Waals surface area contributed by atoms with Crippen LogP contribution in [0.3, 0.4) is 0 Å². The van der Waals surface area contributed by atoms with Crippen LogP contribution in [0.4, 0.5) is 0 Å². The van der Waals surface area contributed by atoms with Gasteiger partial charge in [-0.25, -0.2) is 0 Å². The number of hydrogen-bond acceptors (Lipinski definition) is 0. The molecule has 2 nitrogen and oxygen atoms in total. The van der Waals surface area contributed by atoms with Gasteiger partial charge in [-0.3, -0.25) is 0 Å². The van der Waals surface area contributed by atoms with Gasteiger partial charge in [0.25, 0.3) is 0 Å². The average molecular weight is 963 g/mol. The van der Waals surface area contributed by atoms with Crippen LogP contribution in [0.2, 0.25) is 0 Å². The van der Waals surface area contributed by atoms with Crippen LogP contribution in [-0.2, 0) is 0 Å². The van der Waals surface area contributed by atoms with E-state index in [0.29, 0.717) is 0 Å². The van der Waals surface area contributed by atoms with E-state index >= 15 is 0 Å². The summed E-state index contributed by atoms with van der Waals surface area (Å²) in [5.41, 5.74) is 21.4. The maximum atomic E-state index is 2.46. The molecule has 0 aliphatic carbocycles. The van der Waals surface area contributed by atoms with Crippen molar-refractivity contribution >= 4 is 75.9 Å². The van der Waals surface area contributed by atoms with Gasteiger partial charge in [-0.05, 0) is 196 Å². The Morgan fingerprint density at radius 2 is 0.513 bits per heavy atom. The molecule has 0 aliphatic heterocycles. The number of aromatic nitrogens is 2. The Hall–Kier alpha value is -10.0. The molecule has 0 unspecified atom stereocenters. The van der Waals surface area contributed by atoms with E-state index in [4.69, 9.17) is 0 Å². The second kappa shape index (κ2) is 16.8. The van der Waals surface area contributed by atoms with Gasteiger partial charge in [0.15, 0.2) is 0 Å². The van der Waals surface area contributed by atoms with Crippen LogP contribution in [0.15, 0.2) is 279 Å². The summed E-state index contributed by atoms with van der Waals surface area (Å²) in [7, 11) is 0. The lowest BCUT2D eigenvalue weighted by Crippen LogP contribution is -1.94. The number of fused-ring (bicyclic) bond motifs is 1. The minimum absolute atomic E-state index is 1.16. The van der Waals surface area contributed by atoms with E-state index in [2.05, 4.69) is 288 Å². The van der Waals surface area contributed by atoms with Crippen LogP contribution in [0, 0.1) is 0 Å². The number of nitrogens with zero attached hydrogens (tertiary/aromatic N) is 2. The standard InChI is InChI=1S/C74H46N2/c1-5-17-47(18-6-1)53-39-54(48-19-7-2-8-20-48)42-59(41-53)63-35-36-64(66-28-14-13-27-65(63)66)60-43-55(57-37-51-33-31-49-21-15-29-67-71(49)73(51)69(45-57)75(67)61-23-9-3-10-24-61)40-56(44-60)58-38-52-34-32-50-22-16-30-68-72(50)74(52)70(46-58)76(68)62-25-11-4-12-26-62/h1-46H. The van der Waals surface area contributed by atoms with Crippen LogP contribution in [0.5, 0.6) is 0 Å². The number of hydrogen-bond donors (Lipinski definition) is 0. The zero-order chi connectivity index (χ0) is 49.8. The zero-order valence-electron chi connectivity index (χ0n) is 41.5. The molecule has 2 heterocycles. The molecule has 76 heavy (non-hydrogen) atoms. The molecule has 0 spiro atoms. The third kappa shape index (κ3) is 6.61. The third-order valence-corrected chi connectivity index (χ3v) is 16.1. The Morgan fingerprint density at radius 3 is 0.934 bits per heavy atom. The van der Waals surface area contributed by atoms with Crippen molar-refractivity contribution in [1.29, 1.82) is 0 Å². The molecule has 14 aromatic carbocycles. The van der Waals surface area contributed by atoms with E-state index in [1.807, 2.05) is 0 Å². The molecule has 0 saturated heterocycles. The predicted molar refractivity (Wildman–Crippen MR) is 323 cm³/mol. The van der Waals surface area contributed by atoms with Crippen molar-refractivity contribution < 1.29 is 0 Å². The highest BCUT2D eigenvalue weighted by molar-refractivity contribution is 6.26. The normalized spacial score (nSPS) is 11.9. The smallest absolute Gasteiger partial charge is 0.0553 e. The summed E-state index contributed by atoms with van der Waals surface area (Å²) in [5.74, 6) is 0. The Morgan fingerprint density at radius 1 is 0.184 bits per heavy atom. The summed E-state index contributed by atoms with van der Waals surface area (Å²) in [4.78, 5) is 0. The van der Waals surface area contributed by atoms with Crippen molar-refractivity contribution in [3.63, 3.8) is 0 Å². The van der Waals surface area contributed by atoms with Gasteiger partial charge in [0.2, 0.25) is 0 Å². The van der Waals surface area contributed by atoms with Gasteiger partial charge in [-0.1, -0.05) is 182 Å². The van der Waals surface area contributed by atoms with Crippen LogP contribution >= 0.6 is 0 Å². The summed E-state index contributed by atoms with van der Waals surface area (Å²) >= 11 is 0. The highest BCUT2D eigenvalue weighted by Crippen LogP contribution is 2.47. The van der Waals surface area contributed by atoms with E-state index in [0.717, 1.165) is 11.4 Å². The summed E-state index contributed by atoms with van der Waals surface area (Å²) in [6.45, 7) is 0. The molecule has 0 N–H and O–H groups in total. The molecule has 0 saturated carbocycles. The Labute approximate surface area is 439 Å². The lowest BCUT2D eigenvalue weighted by Gasteiger charge is -2.17. The fraction of sp³-hybridized carbons (Fsp3) is 0. The van der Waals surface area contributed by atoms with Gasteiger partial charge >= 0.3 is 0 Å². The molecule has 0 radical (unpaired) electrons. The SMILES string of the molecule is c1ccc(-c2cc(-c3ccccc3)cc(-c3ccc(-c4cc(-c5cc6ccc7cccc8c7c6c(c5)n8-c5ccccc5)cc(-c5cc6ccc7cccc8c7c6c(c5)n8-c5ccccc5)c4)c4ccccc34)c2)cc1. The Balaban J connectivity index is 0.954. The molecule has 16 rings (SSSR count). The van der Waals surface area contributed by atoms with Crippen LogP contribution in [0.1, 0.15) is 0 Å². The molecule has 0 fully saturated rings. The van der Waals surface area contributed by atoms with Gasteiger partial charge in [-0.15, -0.1) is 0 Å². The predicted octanol–water partition coefficient (Wildman–Crippen LogP) is 20.2. The van der Waals surface area contributed by atoms with E-state index in [-0.39, 0.29) is 0 Å². The lowest BCUT2D eigenvalue weighted by molar-refractivity contribution is 1.18. The largest absolute Gasteiger partial charge is 0.309 e. The Bertz CT molecular complexity index is 4630. The summed E-state index contributed by atoms with van der Waals surface area (Å²) in [6, 6.07) is 104. The van der Waals surface area contributed by atoms with Crippen LogP contribution in [0.25, 0.3) is 154 Å². The lowest BCUT2D eigenvalue weighted by atomic mass is 9.87. The van der Waals surface area contributed by atoms with E-state index < -0.39 is 0 Å². The molecule has 2 aromatic heterocycles. The first-order valence-corrected chi connectivity index (χ1v) is 26.3. The van der Waals surface area contributed by atoms with Crippen LogP contribution < -0.4 is 0 Å². The number of para-hydroxylation sites is 2. The molecule has 0 aliphatic rings. The first-order chi connectivity index (χ1) is 37.7. The molecular weight excluding hydrogens is 917 g/mol. The summed E-state index contributed by atoms with van der Waals surface area (Å²) < 4.78 is 4.92. The highest BCUT2D eigenvalue weighted by Gasteiger charge is 2.22. The molecule has 16 aromatic rings.